The molecule has 0 aliphatic carbocycles. The minimum Gasteiger partial charge on any atom is -0.497 e. The van der Waals surface area contributed by atoms with Crippen molar-refractivity contribution >= 4 is 17.9 Å². The number of carbonyl (C=O) groups excluding carboxylic acids is 3. The van der Waals surface area contributed by atoms with Gasteiger partial charge in [-0.05, 0) is 51.3 Å². The van der Waals surface area contributed by atoms with Crippen LogP contribution in [0, 0.1) is 0 Å². The molecule has 0 aliphatic rings. The summed E-state index contributed by atoms with van der Waals surface area (Å²) < 4.78 is 10.3. The summed E-state index contributed by atoms with van der Waals surface area (Å²) in [6, 6.07) is 7.65. The molecule has 1 aromatic rings. The van der Waals surface area contributed by atoms with E-state index in [4.69, 9.17) is 9.47 Å². The Labute approximate surface area is 172 Å². The Kier molecular flexibility index (Phi) is 10.6. The fraction of sp³-hybridized carbons (Fsp3) is 0.571. The van der Waals surface area contributed by atoms with E-state index in [1.165, 1.54) is 0 Å². The van der Waals surface area contributed by atoms with Gasteiger partial charge in [0.25, 0.3) is 0 Å². The number of nitrogens with one attached hydrogen (secondary N) is 3. The van der Waals surface area contributed by atoms with Crippen molar-refractivity contribution in [1.29, 1.82) is 0 Å². The van der Waals surface area contributed by atoms with Gasteiger partial charge in [0.05, 0.1) is 7.11 Å². The zero-order valence-corrected chi connectivity index (χ0v) is 17.8. The van der Waals surface area contributed by atoms with Crippen LogP contribution >= 0.6 is 0 Å². The Balaban J connectivity index is 2.05. The molecule has 3 N–H and O–H groups in total. The second-order valence-electron chi connectivity index (χ2n) is 7.58. The highest BCUT2D eigenvalue weighted by molar-refractivity contribution is 5.77. The van der Waals surface area contributed by atoms with Crippen molar-refractivity contribution in [3.8, 4) is 5.75 Å². The first-order valence-electron chi connectivity index (χ1n) is 9.83. The maximum Gasteiger partial charge on any atom is 0.407 e. The third kappa shape index (κ3) is 12.3. The second kappa shape index (κ2) is 12.6. The van der Waals surface area contributed by atoms with Crippen LogP contribution in [0.4, 0.5) is 4.79 Å². The molecule has 0 spiro atoms. The third-order valence-corrected chi connectivity index (χ3v) is 3.79. The minimum absolute atomic E-state index is 0.0271. The first kappa shape index (κ1) is 24.3. The highest BCUT2D eigenvalue weighted by Gasteiger charge is 2.15. The Morgan fingerprint density at radius 2 is 1.59 bits per heavy atom. The molecule has 0 aliphatic heterocycles. The number of hydrogen-bond donors (Lipinski definition) is 3. The van der Waals surface area contributed by atoms with Gasteiger partial charge in [-0.3, -0.25) is 9.59 Å². The van der Waals surface area contributed by atoms with E-state index in [1.54, 1.807) is 27.9 Å². The van der Waals surface area contributed by atoms with Gasteiger partial charge in [-0.25, -0.2) is 4.79 Å². The van der Waals surface area contributed by atoms with E-state index in [0.29, 0.717) is 32.4 Å². The highest BCUT2D eigenvalue weighted by Crippen LogP contribution is 2.13. The molecule has 8 heteroatoms. The number of rotatable bonds is 11. The normalized spacial score (nSPS) is 10.8. The average Bonchev–Trinajstić information content (AvgIpc) is 2.64. The number of hydrogen-bond acceptors (Lipinski definition) is 5. The summed E-state index contributed by atoms with van der Waals surface area (Å²) in [4.78, 5) is 35.1. The molecule has 1 aromatic carbocycles. The van der Waals surface area contributed by atoms with Crippen molar-refractivity contribution in [3.05, 3.63) is 29.8 Å². The number of carbonyl (C=O) groups is 3. The Morgan fingerprint density at radius 1 is 0.931 bits per heavy atom. The standard InChI is InChI=1S/C21H33N3O5/c1-21(2,3)29-20(27)24-14-11-19(26)23-13-6-12-22-18(25)10-9-16-7-5-8-17(15-16)28-4/h5,7-8,15H,6,9-14H2,1-4H3,(H,22,25)(H,23,26)(H,24,27). The zero-order valence-electron chi connectivity index (χ0n) is 17.8. The summed E-state index contributed by atoms with van der Waals surface area (Å²) in [7, 11) is 1.61. The van der Waals surface area contributed by atoms with Gasteiger partial charge >= 0.3 is 6.09 Å². The van der Waals surface area contributed by atoms with Crippen molar-refractivity contribution in [2.75, 3.05) is 26.7 Å². The van der Waals surface area contributed by atoms with Crippen LogP contribution in [-0.2, 0) is 20.7 Å². The number of aryl methyl sites for hydroxylation is 1. The molecule has 8 nitrogen and oxygen atoms in total. The molecule has 0 radical (unpaired) electrons. The van der Waals surface area contributed by atoms with E-state index in [1.807, 2.05) is 24.3 Å². The molecular weight excluding hydrogens is 374 g/mol. The zero-order chi connectivity index (χ0) is 21.7. The predicted octanol–water partition coefficient (Wildman–Crippen LogP) is 2.17. The van der Waals surface area contributed by atoms with Crippen molar-refractivity contribution in [2.24, 2.45) is 0 Å². The molecule has 0 aromatic heterocycles. The molecule has 3 amide bonds. The van der Waals surface area contributed by atoms with Crippen molar-refractivity contribution in [2.45, 2.75) is 52.1 Å². The molecule has 0 heterocycles. The van der Waals surface area contributed by atoms with Gasteiger partial charge in [0.15, 0.2) is 0 Å². The number of ether oxygens (including phenoxy) is 2. The SMILES string of the molecule is COc1cccc(CCC(=O)NCCCNC(=O)CCNC(=O)OC(C)(C)C)c1. The van der Waals surface area contributed by atoms with Gasteiger partial charge in [-0.15, -0.1) is 0 Å². The van der Waals surface area contributed by atoms with Crippen molar-refractivity contribution in [3.63, 3.8) is 0 Å². The molecule has 1 rings (SSSR count). The molecule has 0 atom stereocenters. The van der Waals surface area contributed by atoms with E-state index in [-0.39, 0.29) is 24.8 Å². The number of methoxy groups -OCH3 is 1. The number of alkyl carbamates (subject to hydrolysis) is 1. The first-order chi connectivity index (χ1) is 13.7. The van der Waals surface area contributed by atoms with Gasteiger partial charge in [-0.1, -0.05) is 12.1 Å². The van der Waals surface area contributed by atoms with Crippen LogP contribution in [0.1, 0.15) is 45.6 Å². The maximum atomic E-state index is 11.9. The summed E-state index contributed by atoms with van der Waals surface area (Å²) in [5.41, 5.74) is 0.483. The molecule has 29 heavy (non-hydrogen) atoms. The van der Waals surface area contributed by atoms with Gasteiger partial charge in [0.1, 0.15) is 11.4 Å². The van der Waals surface area contributed by atoms with E-state index >= 15 is 0 Å². The Hall–Kier alpha value is -2.77. The van der Waals surface area contributed by atoms with E-state index < -0.39 is 11.7 Å². The molecule has 162 valence electrons. The largest absolute Gasteiger partial charge is 0.497 e. The van der Waals surface area contributed by atoms with Crippen LogP contribution < -0.4 is 20.7 Å². The fourth-order valence-corrected chi connectivity index (χ4v) is 2.40. The van der Waals surface area contributed by atoms with Crippen LogP contribution in [0.15, 0.2) is 24.3 Å². The van der Waals surface area contributed by atoms with Crippen LogP contribution in [0.2, 0.25) is 0 Å². The summed E-state index contributed by atoms with van der Waals surface area (Å²) in [5, 5.41) is 8.13. The van der Waals surface area contributed by atoms with E-state index in [0.717, 1.165) is 11.3 Å². The summed E-state index contributed by atoms with van der Waals surface area (Å²) in [6.45, 7) is 6.49. The number of amides is 3. The highest BCUT2D eigenvalue weighted by atomic mass is 16.6. The summed E-state index contributed by atoms with van der Waals surface area (Å²) >= 11 is 0. The van der Waals surface area contributed by atoms with Gasteiger partial charge in [0, 0.05) is 32.5 Å². The second-order valence-corrected chi connectivity index (χ2v) is 7.58. The van der Waals surface area contributed by atoms with Crippen LogP contribution in [0.5, 0.6) is 5.75 Å². The topological polar surface area (TPSA) is 106 Å². The maximum absolute atomic E-state index is 11.9. The van der Waals surface area contributed by atoms with Crippen molar-refractivity contribution in [1.82, 2.24) is 16.0 Å². The van der Waals surface area contributed by atoms with Gasteiger partial charge in [0.2, 0.25) is 11.8 Å². The molecule has 0 saturated carbocycles. The Morgan fingerprint density at radius 3 is 2.21 bits per heavy atom. The molecular formula is C21H33N3O5. The Bertz CT molecular complexity index is 671. The first-order valence-corrected chi connectivity index (χ1v) is 9.83. The predicted molar refractivity (Wildman–Crippen MR) is 111 cm³/mol. The third-order valence-electron chi connectivity index (χ3n) is 3.79. The average molecular weight is 408 g/mol. The molecule has 0 fully saturated rings. The molecule has 0 unspecified atom stereocenters. The summed E-state index contributed by atoms with van der Waals surface area (Å²) in [5.74, 6) is 0.589. The van der Waals surface area contributed by atoms with Gasteiger partial charge in [-0.2, -0.15) is 0 Å². The van der Waals surface area contributed by atoms with Crippen LogP contribution in [0.25, 0.3) is 0 Å². The lowest BCUT2D eigenvalue weighted by Crippen LogP contribution is -2.35. The fourth-order valence-electron chi connectivity index (χ4n) is 2.40. The van der Waals surface area contributed by atoms with E-state index in [9.17, 15) is 14.4 Å². The quantitative estimate of drug-likeness (QED) is 0.488. The van der Waals surface area contributed by atoms with Gasteiger partial charge < -0.3 is 25.4 Å². The smallest absolute Gasteiger partial charge is 0.407 e. The lowest BCUT2D eigenvalue weighted by atomic mass is 10.1. The van der Waals surface area contributed by atoms with Crippen LogP contribution in [0.3, 0.4) is 0 Å². The minimum atomic E-state index is -0.565. The monoisotopic (exact) mass is 407 g/mol. The van der Waals surface area contributed by atoms with Crippen LogP contribution in [-0.4, -0.2) is 50.3 Å². The van der Waals surface area contributed by atoms with Crippen molar-refractivity contribution < 1.29 is 23.9 Å². The molecule has 0 bridgehead atoms. The summed E-state index contributed by atoms with van der Waals surface area (Å²) in [6.07, 6.45) is 1.31. The lowest BCUT2D eigenvalue weighted by molar-refractivity contribution is -0.121. The van der Waals surface area contributed by atoms with E-state index in [2.05, 4.69) is 16.0 Å². The lowest BCUT2D eigenvalue weighted by Gasteiger charge is -2.19. The number of benzene rings is 1. The molecule has 0 saturated heterocycles.